The fourth-order valence-corrected chi connectivity index (χ4v) is 8.82. The maximum atomic E-state index is 5.34. The van der Waals surface area contributed by atoms with Crippen LogP contribution in [0.15, 0.2) is 182 Å². The summed E-state index contributed by atoms with van der Waals surface area (Å²) in [6, 6.07) is 65.3. The molecule has 0 saturated heterocycles. The van der Waals surface area contributed by atoms with Gasteiger partial charge in [-0.1, -0.05) is 140 Å². The van der Waals surface area contributed by atoms with Gasteiger partial charge in [-0.2, -0.15) is 0 Å². The van der Waals surface area contributed by atoms with Crippen molar-refractivity contribution in [2.45, 2.75) is 0 Å². The Kier molecular flexibility index (Phi) is 6.02. The molecular formula is C50H30N4. The summed E-state index contributed by atoms with van der Waals surface area (Å²) in [5, 5.41) is 8.55. The van der Waals surface area contributed by atoms with E-state index in [0.29, 0.717) is 5.95 Å². The average molecular weight is 687 g/mol. The highest BCUT2D eigenvalue weighted by molar-refractivity contribution is 6.23. The highest BCUT2D eigenvalue weighted by atomic mass is 15.2. The lowest BCUT2D eigenvalue weighted by molar-refractivity contribution is 1.01. The molecule has 4 aromatic heterocycles. The van der Waals surface area contributed by atoms with Gasteiger partial charge < -0.3 is 4.40 Å². The van der Waals surface area contributed by atoms with Crippen molar-refractivity contribution in [3.63, 3.8) is 0 Å². The standard InChI is InChI=1S/C50H30N4/c1-2-11-31(12-3-1)32-21-23-33(24-22-32)48-40-15-4-7-18-43(40)51-50(52-48)54-45-20-9-6-14-37(45)41-29-34(26-28-47(41)54)35-25-27-46-42(30-35)39-17-10-16-38-36-13-5-8-19-44(36)53(46)49(38)39/h1-30H. The molecule has 0 aliphatic carbocycles. The van der Waals surface area contributed by atoms with E-state index in [1.807, 2.05) is 0 Å². The zero-order valence-corrected chi connectivity index (χ0v) is 29.1. The second-order valence-corrected chi connectivity index (χ2v) is 14.2. The molecule has 12 aromatic rings. The average Bonchev–Trinajstić information content (AvgIpc) is 3.88. The largest absolute Gasteiger partial charge is 0.308 e. The van der Waals surface area contributed by atoms with Gasteiger partial charge in [-0.15, -0.1) is 0 Å². The molecule has 4 heteroatoms. The van der Waals surface area contributed by atoms with E-state index in [9.17, 15) is 0 Å². The molecule has 8 aromatic carbocycles. The van der Waals surface area contributed by atoms with Gasteiger partial charge >= 0.3 is 0 Å². The molecule has 0 radical (unpaired) electrons. The number of fused-ring (bicyclic) bond motifs is 10. The Balaban J connectivity index is 1.03. The summed E-state index contributed by atoms with van der Waals surface area (Å²) < 4.78 is 4.66. The first-order valence-corrected chi connectivity index (χ1v) is 18.4. The normalized spacial score (nSPS) is 12.1. The second-order valence-electron chi connectivity index (χ2n) is 14.2. The molecule has 4 heterocycles. The Labute approximate surface area is 310 Å². The molecule has 0 aliphatic rings. The predicted molar refractivity (Wildman–Crippen MR) is 225 cm³/mol. The van der Waals surface area contributed by atoms with Gasteiger partial charge in [0.2, 0.25) is 5.95 Å². The molecule has 0 aliphatic heterocycles. The SMILES string of the molecule is c1ccc(-c2ccc(-c3nc(-n4c5ccccc5c5cc(-c6ccc7c(c6)c6cccc8c9ccccc9n7c86)ccc54)nc4ccccc34)cc2)cc1. The van der Waals surface area contributed by atoms with Crippen LogP contribution >= 0.6 is 0 Å². The van der Waals surface area contributed by atoms with Crippen LogP contribution in [0.2, 0.25) is 0 Å². The Morgan fingerprint density at radius 3 is 1.59 bits per heavy atom. The van der Waals surface area contributed by atoms with Crippen molar-refractivity contribution in [2.24, 2.45) is 0 Å². The Bertz CT molecular complexity index is 3430. The zero-order chi connectivity index (χ0) is 35.3. The first-order chi connectivity index (χ1) is 26.8. The smallest absolute Gasteiger partial charge is 0.235 e. The third-order valence-corrected chi connectivity index (χ3v) is 11.3. The third kappa shape index (κ3) is 4.13. The molecule has 0 bridgehead atoms. The first-order valence-electron chi connectivity index (χ1n) is 18.4. The molecule has 0 unspecified atom stereocenters. The Morgan fingerprint density at radius 2 is 0.815 bits per heavy atom. The van der Waals surface area contributed by atoms with Gasteiger partial charge in [-0.05, 0) is 64.7 Å². The van der Waals surface area contributed by atoms with Crippen molar-refractivity contribution < 1.29 is 0 Å². The number of benzene rings is 8. The van der Waals surface area contributed by atoms with Gasteiger partial charge in [0.05, 0.1) is 38.8 Å². The highest BCUT2D eigenvalue weighted by Gasteiger charge is 2.20. The van der Waals surface area contributed by atoms with Crippen molar-refractivity contribution in [3.05, 3.63) is 182 Å². The molecule has 0 fully saturated rings. The molecular weight excluding hydrogens is 657 g/mol. The quantitative estimate of drug-likeness (QED) is 0.185. The van der Waals surface area contributed by atoms with Crippen LogP contribution in [-0.4, -0.2) is 18.9 Å². The van der Waals surface area contributed by atoms with Crippen LogP contribution in [0.25, 0.3) is 110 Å². The van der Waals surface area contributed by atoms with Crippen molar-refractivity contribution in [3.8, 4) is 39.5 Å². The fourth-order valence-electron chi connectivity index (χ4n) is 8.82. The van der Waals surface area contributed by atoms with Gasteiger partial charge in [-0.3, -0.25) is 4.57 Å². The van der Waals surface area contributed by atoms with E-state index >= 15 is 0 Å². The highest BCUT2D eigenvalue weighted by Crippen LogP contribution is 2.41. The van der Waals surface area contributed by atoms with Gasteiger partial charge in [0.25, 0.3) is 0 Å². The van der Waals surface area contributed by atoms with Crippen LogP contribution in [0.1, 0.15) is 0 Å². The second kappa shape index (κ2) is 11.1. The van der Waals surface area contributed by atoms with E-state index in [1.54, 1.807) is 0 Å². The number of aromatic nitrogens is 4. The van der Waals surface area contributed by atoms with E-state index in [0.717, 1.165) is 33.2 Å². The summed E-state index contributed by atoms with van der Waals surface area (Å²) in [5.41, 5.74) is 13.6. The van der Waals surface area contributed by atoms with Crippen LogP contribution < -0.4 is 0 Å². The number of para-hydroxylation sites is 4. The van der Waals surface area contributed by atoms with E-state index < -0.39 is 0 Å². The first kappa shape index (κ1) is 29.3. The maximum absolute atomic E-state index is 5.34. The lowest BCUT2D eigenvalue weighted by atomic mass is 10.00. The third-order valence-electron chi connectivity index (χ3n) is 11.3. The molecule has 0 N–H and O–H groups in total. The number of nitrogens with zero attached hydrogens (tertiary/aromatic N) is 4. The molecule has 0 spiro atoms. The molecule has 0 amide bonds. The minimum absolute atomic E-state index is 0.662. The minimum Gasteiger partial charge on any atom is -0.308 e. The van der Waals surface area contributed by atoms with Crippen molar-refractivity contribution in [1.82, 2.24) is 18.9 Å². The maximum Gasteiger partial charge on any atom is 0.235 e. The molecule has 0 saturated carbocycles. The van der Waals surface area contributed by atoms with E-state index in [4.69, 9.17) is 9.97 Å². The summed E-state index contributed by atoms with van der Waals surface area (Å²) in [6.07, 6.45) is 0. The predicted octanol–water partition coefficient (Wildman–Crippen LogP) is 12.9. The van der Waals surface area contributed by atoms with Gasteiger partial charge in [0.1, 0.15) is 0 Å². The molecule has 0 atom stereocenters. The molecule has 4 nitrogen and oxygen atoms in total. The van der Waals surface area contributed by atoms with Crippen LogP contribution in [0.5, 0.6) is 0 Å². The van der Waals surface area contributed by atoms with Crippen LogP contribution in [0, 0.1) is 0 Å². The van der Waals surface area contributed by atoms with Gasteiger partial charge in [0, 0.05) is 43.3 Å². The Morgan fingerprint density at radius 1 is 0.315 bits per heavy atom. The van der Waals surface area contributed by atoms with Crippen LogP contribution in [0.3, 0.4) is 0 Å². The summed E-state index contributed by atoms with van der Waals surface area (Å²) in [4.78, 5) is 10.5. The van der Waals surface area contributed by atoms with Crippen molar-refractivity contribution in [2.75, 3.05) is 0 Å². The topological polar surface area (TPSA) is 35.1 Å². The number of hydrogen-bond acceptors (Lipinski definition) is 2. The van der Waals surface area contributed by atoms with Gasteiger partial charge in [-0.25, -0.2) is 9.97 Å². The van der Waals surface area contributed by atoms with Crippen molar-refractivity contribution in [1.29, 1.82) is 0 Å². The van der Waals surface area contributed by atoms with Gasteiger partial charge in [0.15, 0.2) is 0 Å². The fraction of sp³-hybridized carbons (Fsp3) is 0. The van der Waals surface area contributed by atoms with E-state index in [2.05, 4.69) is 191 Å². The summed E-state index contributed by atoms with van der Waals surface area (Å²) in [6.45, 7) is 0. The monoisotopic (exact) mass is 686 g/mol. The zero-order valence-electron chi connectivity index (χ0n) is 29.1. The molecule has 12 rings (SSSR count). The van der Waals surface area contributed by atoms with E-state index in [-0.39, 0.29) is 0 Å². The number of rotatable bonds is 4. The Hall–Kier alpha value is -7.30. The van der Waals surface area contributed by atoms with Crippen molar-refractivity contribution >= 4 is 70.8 Å². The summed E-state index contributed by atoms with van der Waals surface area (Å²) >= 11 is 0. The summed E-state index contributed by atoms with van der Waals surface area (Å²) in [7, 11) is 0. The minimum atomic E-state index is 0.662. The summed E-state index contributed by atoms with van der Waals surface area (Å²) in [5.74, 6) is 0.662. The molecule has 250 valence electrons. The van der Waals surface area contributed by atoms with Crippen LogP contribution in [-0.2, 0) is 0 Å². The molecule has 54 heavy (non-hydrogen) atoms. The lowest BCUT2D eigenvalue weighted by Gasteiger charge is -2.12. The number of hydrogen-bond donors (Lipinski definition) is 0. The van der Waals surface area contributed by atoms with E-state index in [1.165, 1.54) is 71.1 Å². The lowest BCUT2D eigenvalue weighted by Crippen LogP contribution is -2.03. The van der Waals surface area contributed by atoms with Crippen LogP contribution in [0.4, 0.5) is 0 Å².